The number of hydrogen-bond acceptors (Lipinski definition) is 5. The molecule has 3 aromatic heterocycles. The lowest BCUT2D eigenvalue weighted by atomic mass is 10.1. The van der Waals surface area contributed by atoms with Gasteiger partial charge in [0, 0.05) is 24.0 Å². The van der Waals surface area contributed by atoms with Crippen molar-refractivity contribution in [3.63, 3.8) is 0 Å². The Kier molecular flexibility index (Phi) is 2.78. The Bertz CT molecular complexity index is 823. The molecule has 3 rings (SSSR count). The first-order valence-corrected chi connectivity index (χ1v) is 5.88. The maximum Gasteiger partial charge on any atom is 0.433 e. The molecule has 0 radical (unpaired) electrons. The summed E-state index contributed by atoms with van der Waals surface area (Å²) < 4.78 is 39.8. The van der Waals surface area contributed by atoms with Gasteiger partial charge in [-0.25, -0.2) is 9.38 Å². The first kappa shape index (κ1) is 13.3. The third-order valence-electron chi connectivity index (χ3n) is 2.98. The van der Waals surface area contributed by atoms with Gasteiger partial charge in [0.25, 0.3) is 0 Å². The van der Waals surface area contributed by atoms with E-state index in [9.17, 15) is 13.2 Å². The Balaban J connectivity index is 2.28. The van der Waals surface area contributed by atoms with Crippen molar-refractivity contribution in [1.29, 1.82) is 0 Å². The van der Waals surface area contributed by atoms with Gasteiger partial charge in [-0.15, -0.1) is 10.2 Å². The van der Waals surface area contributed by atoms with Crippen LogP contribution in [0.25, 0.3) is 17.0 Å². The molecule has 0 aliphatic rings. The Hall–Kier alpha value is -2.71. The molecule has 0 aromatic carbocycles. The molecule has 0 unspecified atom stereocenters. The summed E-state index contributed by atoms with van der Waals surface area (Å²) >= 11 is 0. The third-order valence-corrected chi connectivity index (χ3v) is 2.98. The summed E-state index contributed by atoms with van der Waals surface area (Å²) in [5.41, 5.74) is 5.94. The van der Waals surface area contributed by atoms with Gasteiger partial charge < -0.3 is 5.73 Å². The fourth-order valence-corrected chi connectivity index (χ4v) is 1.96. The van der Waals surface area contributed by atoms with Gasteiger partial charge in [-0.05, 0) is 18.6 Å². The van der Waals surface area contributed by atoms with Gasteiger partial charge in [0.2, 0.25) is 5.95 Å². The number of alkyl halides is 3. The SMILES string of the molecule is Cc1cnc(C(F)(F)F)cc1-c1nnc2ccnc(N)n12. The van der Waals surface area contributed by atoms with Crippen LogP contribution in [0.5, 0.6) is 0 Å². The molecular formula is C12H9F3N6. The van der Waals surface area contributed by atoms with Gasteiger partial charge in [0.15, 0.2) is 11.5 Å². The molecule has 6 nitrogen and oxygen atoms in total. The number of pyridine rings is 1. The van der Waals surface area contributed by atoms with E-state index in [0.717, 1.165) is 12.3 Å². The van der Waals surface area contributed by atoms with E-state index in [2.05, 4.69) is 20.2 Å². The van der Waals surface area contributed by atoms with Crippen LogP contribution >= 0.6 is 0 Å². The minimum absolute atomic E-state index is 0.0947. The predicted molar refractivity (Wildman–Crippen MR) is 68.2 cm³/mol. The van der Waals surface area contributed by atoms with Crippen LogP contribution in [-0.2, 0) is 6.18 Å². The zero-order valence-electron chi connectivity index (χ0n) is 10.8. The summed E-state index contributed by atoms with van der Waals surface area (Å²) in [5, 5.41) is 7.79. The molecule has 0 amide bonds. The highest BCUT2D eigenvalue weighted by atomic mass is 19.4. The minimum Gasteiger partial charge on any atom is -0.369 e. The minimum atomic E-state index is -4.53. The van der Waals surface area contributed by atoms with E-state index in [1.54, 1.807) is 13.0 Å². The summed E-state index contributed by atoms with van der Waals surface area (Å²) in [6, 6.07) is 2.49. The smallest absolute Gasteiger partial charge is 0.369 e. The number of fused-ring (bicyclic) bond motifs is 1. The molecule has 3 aromatic rings. The van der Waals surface area contributed by atoms with Crippen LogP contribution in [-0.4, -0.2) is 24.6 Å². The summed E-state index contributed by atoms with van der Waals surface area (Å²) in [6.07, 6.45) is -1.94. The molecule has 21 heavy (non-hydrogen) atoms. The van der Waals surface area contributed by atoms with Crippen LogP contribution in [0.1, 0.15) is 11.3 Å². The second kappa shape index (κ2) is 4.40. The molecule has 0 atom stereocenters. The number of rotatable bonds is 1. The Morgan fingerprint density at radius 1 is 1.19 bits per heavy atom. The summed E-state index contributed by atoms with van der Waals surface area (Å²) in [6.45, 7) is 1.64. The van der Waals surface area contributed by atoms with E-state index < -0.39 is 11.9 Å². The number of anilines is 1. The standard InChI is InChI=1S/C12H9F3N6/c1-6-5-18-8(12(13,14)15)4-7(6)10-20-19-9-2-3-17-11(16)21(9)10/h2-5H,1H3,(H2,16,17). The number of nitrogens with zero attached hydrogens (tertiary/aromatic N) is 5. The Morgan fingerprint density at radius 3 is 2.67 bits per heavy atom. The number of nitrogens with two attached hydrogens (primary N) is 1. The zero-order valence-corrected chi connectivity index (χ0v) is 10.8. The fraction of sp³-hybridized carbons (Fsp3) is 0.167. The molecule has 2 N–H and O–H groups in total. The quantitative estimate of drug-likeness (QED) is 0.743. The van der Waals surface area contributed by atoms with Gasteiger partial charge in [0.05, 0.1) is 0 Å². The van der Waals surface area contributed by atoms with Gasteiger partial charge >= 0.3 is 6.18 Å². The van der Waals surface area contributed by atoms with Gasteiger partial charge in [-0.2, -0.15) is 13.2 Å². The number of aryl methyl sites for hydroxylation is 1. The maximum atomic E-state index is 12.8. The van der Waals surface area contributed by atoms with E-state index >= 15 is 0 Å². The monoisotopic (exact) mass is 294 g/mol. The number of nitrogen functional groups attached to an aromatic ring is 1. The predicted octanol–water partition coefficient (Wildman–Crippen LogP) is 2.10. The van der Waals surface area contributed by atoms with Crippen molar-refractivity contribution in [1.82, 2.24) is 24.6 Å². The fourth-order valence-electron chi connectivity index (χ4n) is 1.96. The lowest BCUT2D eigenvalue weighted by Gasteiger charge is -2.10. The summed E-state index contributed by atoms with van der Waals surface area (Å²) in [5.74, 6) is 0.290. The third kappa shape index (κ3) is 2.16. The molecule has 0 saturated carbocycles. The maximum absolute atomic E-state index is 12.8. The highest BCUT2D eigenvalue weighted by molar-refractivity contribution is 5.65. The van der Waals surface area contributed by atoms with Crippen molar-refractivity contribution in [3.05, 3.63) is 35.8 Å². The topological polar surface area (TPSA) is 82.0 Å². The lowest BCUT2D eigenvalue weighted by Crippen LogP contribution is -2.09. The molecule has 3 heterocycles. The highest BCUT2D eigenvalue weighted by Gasteiger charge is 2.33. The molecule has 0 fully saturated rings. The van der Waals surface area contributed by atoms with Crippen molar-refractivity contribution >= 4 is 11.6 Å². The largest absolute Gasteiger partial charge is 0.433 e. The van der Waals surface area contributed by atoms with Crippen molar-refractivity contribution in [2.45, 2.75) is 13.1 Å². The highest BCUT2D eigenvalue weighted by Crippen LogP contribution is 2.32. The zero-order chi connectivity index (χ0) is 15.2. The summed E-state index contributed by atoms with van der Waals surface area (Å²) in [7, 11) is 0. The molecule has 0 saturated heterocycles. The average molecular weight is 294 g/mol. The van der Waals surface area contributed by atoms with Gasteiger partial charge in [0.1, 0.15) is 5.69 Å². The van der Waals surface area contributed by atoms with Gasteiger partial charge in [-0.3, -0.25) is 4.98 Å². The average Bonchev–Trinajstić information content (AvgIpc) is 2.83. The van der Waals surface area contributed by atoms with Crippen molar-refractivity contribution < 1.29 is 13.2 Å². The normalized spacial score (nSPS) is 12.0. The van der Waals surface area contributed by atoms with Crippen molar-refractivity contribution in [3.8, 4) is 11.4 Å². The number of halogens is 3. The second-order valence-electron chi connectivity index (χ2n) is 4.40. The van der Waals surface area contributed by atoms with Crippen LogP contribution in [0.3, 0.4) is 0 Å². The van der Waals surface area contributed by atoms with E-state index in [4.69, 9.17) is 5.73 Å². The second-order valence-corrected chi connectivity index (χ2v) is 4.40. The number of hydrogen-bond donors (Lipinski definition) is 1. The Morgan fingerprint density at radius 2 is 1.95 bits per heavy atom. The number of aromatic nitrogens is 5. The van der Waals surface area contributed by atoms with E-state index in [0.29, 0.717) is 11.2 Å². The Labute approximate surface area is 116 Å². The first-order valence-electron chi connectivity index (χ1n) is 5.88. The lowest BCUT2D eigenvalue weighted by molar-refractivity contribution is -0.141. The van der Waals surface area contributed by atoms with E-state index in [1.165, 1.54) is 10.6 Å². The molecular weight excluding hydrogens is 285 g/mol. The summed E-state index contributed by atoms with van der Waals surface area (Å²) in [4.78, 5) is 7.28. The van der Waals surface area contributed by atoms with E-state index in [1.807, 2.05) is 0 Å². The van der Waals surface area contributed by atoms with Crippen LogP contribution in [0.4, 0.5) is 19.1 Å². The van der Waals surface area contributed by atoms with Crippen LogP contribution in [0.2, 0.25) is 0 Å². The molecule has 0 aliphatic carbocycles. The van der Waals surface area contributed by atoms with Crippen LogP contribution < -0.4 is 5.73 Å². The van der Waals surface area contributed by atoms with Crippen LogP contribution in [0, 0.1) is 6.92 Å². The van der Waals surface area contributed by atoms with E-state index in [-0.39, 0.29) is 17.3 Å². The molecule has 0 aliphatic heterocycles. The van der Waals surface area contributed by atoms with Gasteiger partial charge in [-0.1, -0.05) is 0 Å². The molecule has 0 spiro atoms. The molecule has 0 bridgehead atoms. The molecule has 108 valence electrons. The van der Waals surface area contributed by atoms with Crippen molar-refractivity contribution in [2.75, 3.05) is 5.73 Å². The van der Waals surface area contributed by atoms with Crippen molar-refractivity contribution in [2.24, 2.45) is 0 Å². The first-order chi connectivity index (χ1) is 9.88. The molecule has 9 heteroatoms. The van der Waals surface area contributed by atoms with Crippen LogP contribution in [0.15, 0.2) is 24.5 Å².